The Morgan fingerprint density at radius 2 is 1.95 bits per heavy atom. The van der Waals surface area contributed by atoms with Crippen LogP contribution in [0.2, 0.25) is 0 Å². The number of aromatic nitrogens is 2. The highest BCUT2D eigenvalue weighted by Crippen LogP contribution is 2.31. The molecule has 4 heteroatoms. The number of aryl methyl sites for hydroxylation is 4. The predicted molar refractivity (Wildman–Crippen MR) is 83.6 cm³/mol. The van der Waals surface area contributed by atoms with E-state index in [4.69, 9.17) is 0 Å². The second kappa shape index (κ2) is 5.37. The minimum Gasteiger partial charge on any atom is -0.377 e. The number of hydrogen-bond donors (Lipinski definition) is 1. The average Bonchev–Trinajstić information content (AvgIpc) is 2.62. The molecule has 0 aliphatic carbocycles. The fourth-order valence-electron chi connectivity index (χ4n) is 2.44. The van der Waals surface area contributed by atoms with E-state index in [0.29, 0.717) is 0 Å². The molecule has 102 valence electrons. The zero-order valence-corrected chi connectivity index (χ0v) is 13.7. The van der Waals surface area contributed by atoms with Crippen molar-refractivity contribution in [3.05, 3.63) is 45.2 Å². The number of nitrogens with zero attached hydrogens (tertiary/aromatic N) is 2. The molecule has 1 aromatic carbocycles. The summed E-state index contributed by atoms with van der Waals surface area (Å²) in [6, 6.07) is 4.56. The normalized spacial score (nSPS) is 12.5. The van der Waals surface area contributed by atoms with E-state index in [1.54, 1.807) is 0 Å². The molecule has 1 aromatic heterocycles. The highest BCUT2D eigenvalue weighted by molar-refractivity contribution is 9.10. The van der Waals surface area contributed by atoms with Gasteiger partial charge in [0.05, 0.1) is 17.4 Å². The fourth-order valence-corrected chi connectivity index (χ4v) is 3.22. The van der Waals surface area contributed by atoms with Gasteiger partial charge >= 0.3 is 0 Å². The number of benzene rings is 1. The van der Waals surface area contributed by atoms with E-state index >= 15 is 0 Å². The van der Waals surface area contributed by atoms with Gasteiger partial charge < -0.3 is 5.32 Å². The number of nitrogens with one attached hydrogen (secondary N) is 1. The molecule has 2 rings (SSSR count). The number of halogens is 1. The summed E-state index contributed by atoms with van der Waals surface area (Å²) in [6.45, 7) is 8.44. The molecule has 0 aliphatic rings. The third kappa shape index (κ3) is 3.00. The Kier molecular flexibility index (Phi) is 3.99. The Morgan fingerprint density at radius 1 is 1.26 bits per heavy atom. The van der Waals surface area contributed by atoms with E-state index < -0.39 is 0 Å². The molecule has 3 nitrogen and oxygen atoms in total. The maximum Gasteiger partial charge on any atom is 0.0646 e. The maximum atomic E-state index is 4.40. The zero-order chi connectivity index (χ0) is 14.2. The number of hydrogen-bond acceptors (Lipinski definition) is 2. The van der Waals surface area contributed by atoms with Crippen LogP contribution in [0.15, 0.2) is 22.8 Å². The lowest BCUT2D eigenvalue weighted by Gasteiger charge is -2.18. The van der Waals surface area contributed by atoms with E-state index in [0.717, 1.165) is 15.9 Å². The van der Waals surface area contributed by atoms with Crippen LogP contribution in [0.3, 0.4) is 0 Å². The van der Waals surface area contributed by atoms with Crippen molar-refractivity contribution in [2.24, 2.45) is 7.05 Å². The van der Waals surface area contributed by atoms with Crippen molar-refractivity contribution in [2.75, 3.05) is 5.32 Å². The van der Waals surface area contributed by atoms with Crippen LogP contribution in [0.1, 0.15) is 35.3 Å². The van der Waals surface area contributed by atoms with Gasteiger partial charge in [0.2, 0.25) is 0 Å². The van der Waals surface area contributed by atoms with E-state index in [1.165, 1.54) is 16.7 Å². The Bertz CT molecular complexity index is 578. The largest absolute Gasteiger partial charge is 0.377 e. The van der Waals surface area contributed by atoms with Crippen molar-refractivity contribution < 1.29 is 0 Å². The standard InChI is InChI=1S/C15H20BrN3/c1-9-6-10(2)15(14(16)7-9)17-11(3)13-8-19(5)18-12(13)4/h6-8,11,17H,1-5H3. The average molecular weight is 322 g/mol. The van der Waals surface area contributed by atoms with Gasteiger partial charge in [0, 0.05) is 23.3 Å². The molecule has 0 fully saturated rings. The van der Waals surface area contributed by atoms with Gasteiger partial charge in [-0.25, -0.2) is 0 Å². The van der Waals surface area contributed by atoms with Crippen LogP contribution in [0, 0.1) is 20.8 Å². The molecule has 2 aromatic rings. The van der Waals surface area contributed by atoms with Crippen LogP contribution in [-0.4, -0.2) is 9.78 Å². The van der Waals surface area contributed by atoms with Gasteiger partial charge in [0.15, 0.2) is 0 Å². The maximum absolute atomic E-state index is 4.40. The summed E-state index contributed by atoms with van der Waals surface area (Å²) in [5.41, 5.74) is 5.97. The molecule has 1 unspecified atom stereocenters. The lowest BCUT2D eigenvalue weighted by Crippen LogP contribution is -2.09. The lowest BCUT2D eigenvalue weighted by molar-refractivity contribution is 0.756. The first kappa shape index (κ1) is 14.1. The molecule has 0 saturated heterocycles. The molecule has 0 aliphatic heterocycles. The van der Waals surface area contributed by atoms with Crippen LogP contribution in [0.4, 0.5) is 5.69 Å². The van der Waals surface area contributed by atoms with Gasteiger partial charge in [0.1, 0.15) is 0 Å². The van der Waals surface area contributed by atoms with Gasteiger partial charge in [-0.2, -0.15) is 5.10 Å². The zero-order valence-electron chi connectivity index (χ0n) is 12.1. The van der Waals surface area contributed by atoms with Crippen molar-refractivity contribution in [3.63, 3.8) is 0 Å². The van der Waals surface area contributed by atoms with Crippen LogP contribution in [0.5, 0.6) is 0 Å². The van der Waals surface area contributed by atoms with Crippen molar-refractivity contribution >= 4 is 21.6 Å². The SMILES string of the molecule is Cc1cc(C)c(NC(C)c2cn(C)nc2C)c(Br)c1. The summed E-state index contributed by atoms with van der Waals surface area (Å²) in [5.74, 6) is 0. The molecule has 0 spiro atoms. The third-order valence-electron chi connectivity index (χ3n) is 3.31. The summed E-state index contributed by atoms with van der Waals surface area (Å²) in [6.07, 6.45) is 2.07. The fraction of sp³-hybridized carbons (Fsp3) is 0.400. The molecule has 0 saturated carbocycles. The van der Waals surface area contributed by atoms with E-state index in [-0.39, 0.29) is 6.04 Å². The monoisotopic (exact) mass is 321 g/mol. The number of anilines is 1. The molecular formula is C15H20BrN3. The summed E-state index contributed by atoms with van der Waals surface area (Å²) >= 11 is 3.64. The van der Waals surface area contributed by atoms with Crippen molar-refractivity contribution in [1.29, 1.82) is 0 Å². The van der Waals surface area contributed by atoms with Gasteiger partial charge in [-0.05, 0) is 60.8 Å². The van der Waals surface area contributed by atoms with E-state index in [9.17, 15) is 0 Å². The quantitative estimate of drug-likeness (QED) is 0.914. The first-order valence-electron chi connectivity index (χ1n) is 6.42. The van der Waals surface area contributed by atoms with Crippen LogP contribution in [0.25, 0.3) is 0 Å². The Morgan fingerprint density at radius 3 is 2.47 bits per heavy atom. The van der Waals surface area contributed by atoms with Crippen LogP contribution >= 0.6 is 15.9 Å². The smallest absolute Gasteiger partial charge is 0.0646 e. The van der Waals surface area contributed by atoms with Gasteiger partial charge in [-0.15, -0.1) is 0 Å². The van der Waals surface area contributed by atoms with Crippen molar-refractivity contribution in [2.45, 2.75) is 33.7 Å². The highest BCUT2D eigenvalue weighted by Gasteiger charge is 2.14. The van der Waals surface area contributed by atoms with Crippen molar-refractivity contribution in [1.82, 2.24) is 9.78 Å². The van der Waals surface area contributed by atoms with Gasteiger partial charge in [-0.3, -0.25) is 4.68 Å². The summed E-state index contributed by atoms with van der Waals surface area (Å²) in [7, 11) is 1.95. The Balaban J connectivity index is 2.29. The first-order valence-corrected chi connectivity index (χ1v) is 7.21. The second-order valence-corrected chi connectivity index (χ2v) is 6.00. The minimum atomic E-state index is 0.228. The summed E-state index contributed by atoms with van der Waals surface area (Å²) in [5, 5.41) is 7.97. The highest BCUT2D eigenvalue weighted by atomic mass is 79.9. The molecule has 19 heavy (non-hydrogen) atoms. The number of rotatable bonds is 3. The predicted octanol–water partition coefficient (Wildman–Crippen LogP) is 4.28. The van der Waals surface area contributed by atoms with Crippen molar-refractivity contribution in [3.8, 4) is 0 Å². The summed E-state index contributed by atoms with van der Waals surface area (Å²) in [4.78, 5) is 0. The van der Waals surface area contributed by atoms with E-state index in [2.05, 4.69) is 65.4 Å². The van der Waals surface area contributed by atoms with Gasteiger partial charge in [0.25, 0.3) is 0 Å². The Hall–Kier alpha value is -1.29. The minimum absolute atomic E-state index is 0.228. The van der Waals surface area contributed by atoms with E-state index in [1.807, 2.05) is 18.7 Å². The topological polar surface area (TPSA) is 29.9 Å². The molecule has 0 radical (unpaired) electrons. The molecule has 0 bridgehead atoms. The summed E-state index contributed by atoms with van der Waals surface area (Å²) < 4.78 is 2.97. The third-order valence-corrected chi connectivity index (χ3v) is 3.94. The van der Waals surface area contributed by atoms with Crippen LogP contribution < -0.4 is 5.32 Å². The molecule has 1 N–H and O–H groups in total. The molecule has 1 atom stereocenters. The molecular weight excluding hydrogens is 302 g/mol. The van der Waals surface area contributed by atoms with Crippen LogP contribution in [-0.2, 0) is 7.05 Å². The Labute approximate surface area is 123 Å². The molecule has 1 heterocycles. The lowest BCUT2D eigenvalue weighted by atomic mass is 10.1. The molecule has 0 amide bonds. The van der Waals surface area contributed by atoms with Gasteiger partial charge in [-0.1, -0.05) is 6.07 Å². The second-order valence-electron chi connectivity index (χ2n) is 5.15. The first-order chi connectivity index (χ1) is 8.88.